The zero-order valence-corrected chi connectivity index (χ0v) is 11.4. The second-order valence-corrected chi connectivity index (χ2v) is 6.38. The first-order valence-electron chi connectivity index (χ1n) is 5.72. The number of thiophene rings is 1. The van der Waals surface area contributed by atoms with Crippen LogP contribution in [-0.2, 0) is 0 Å². The van der Waals surface area contributed by atoms with Gasteiger partial charge in [-0.1, -0.05) is 11.6 Å². The fraction of sp³-hybridized carbons (Fsp3) is 0.583. The van der Waals surface area contributed by atoms with E-state index in [0.717, 1.165) is 30.0 Å². The Bertz CT molecular complexity index is 429. The lowest BCUT2D eigenvalue weighted by molar-refractivity contribution is 0.328. The maximum Gasteiger partial charge on any atom is 0.104 e. The van der Waals surface area contributed by atoms with E-state index >= 15 is 0 Å². The Balaban J connectivity index is 2.00. The summed E-state index contributed by atoms with van der Waals surface area (Å²) in [5.41, 5.74) is 5.36. The SMILES string of the molecule is CN(c1ccc(Cl)s1)C1CCC(N)(C#N)CC1. The van der Waals surface area contributed by atoms with Crippen molar-refractivity contribution >= 4 is 27.9 Å². The van der Waals surface area contributed by atoms with E-state index in [4.69, 9.17) is 22.6 Å². The van der Waals surface area contributed by atoms with E-state index in [1.807, 2.05) is 12.1 Å². The van der Waals surface area contributed by atoms with Gasteiger partial charge in [-0.15, -0.1) is 11.3 Å². The van der Waals surface area contributed by atoms with Crippen LogP contribution in [0, 0.1) is 11.3 Å². The lowest BCUT2D eigenvalue weighted by Crippen LogP contribution is -2.46. The number of anilines is 1. The molecule has 0 aromatic carbocycles. The third kappa shape index (κ3) is 2.74. The Labute approximate surface area is 111 Å². The van der Waals surface area contributed by atoms with Gasteiger partial charge in [-0.05, 0) is 37.8 Å². The van der Waals surface area contributed by atoms with Gasteiger partial charge in [0.2, 0.25) is 0 Å². The normalized spacial score (nSPS) is 28.7. The molecule has 0 unspecified atom stereocenters. The quantitative estimate of drug-likeness (QED) is 0.898. The summed E-state index contributed by atoms with van der Waals surface area (Å²) in [6.07, 6.45) is 3.49. The molecule has 0 amide bonds. The van der Waals surface area contributed by atoms with Gasteiger partial charge in [-0.3, -0.25) is 0 Å². The summed E-state index contributed by atoms with van der Waals surface area (Å²) in [5.74, 6) is 0. The molecule has 0 atom stereocenters. The van der Waals surface area contributed by atoms with Gasteiger partial charge in [0.05, 0.1) is 15.4 Å². The molecular formula is C12H16ClN3S. The molecule has 17 heavy (non-hydrogen) atoms. The lowest BCUT2D eigenvalue weighted by Gasteiger charge is -2.37. The summed E-state index contributed by atoms with van der Waals surface area (Å²) in [5, 5.41) is 10.2. The molecule has 0 saturated heterocycles. The Hall–Kier alpha value is -0.760. The van der Waals surface area contributed by atoms with E-state index in [1.54, 1.807) is 11.3 Å². The molecule has 0 bridgehead atoms. The summed E-state index contributed by atoms with van der Waals surface area (Å²) < 4.78 is 0.813. The van der Waals surface area contributed by atoms with Crippen molar-refractivity contribution in [3.05, 3.63) is 16.5 Å². The molecule has 1 heterocycles. The van der Waals surface area contributed by atoms with E-state index in [0.29, 0.717) is 6.04 Å². The predicted octanol–water partition coefficient (Wildman–Crippen LogP) is 3.00. The fourth-order valence-electron chi connectivity index (χ4n) is 2.29. The monoisotopic (exact) mass is 269 g/mol. The van der Waals surface area contributed by atoms with Gasteiger partial charge in [0, 0.05) is 13.1 Å². The second-order valence-electron chi connectivity index (χ2n) is 4.69. The van der Waals surface area contributed by atoms with Crippen molar-refractivity contribution in [3.63, 3.8) is 0 Å². The third-order valence-electron chi connectivity index (χ3n) is 3.52. The topological polar surface area (TPSA) is 53.0 Å². The number of halogens is 1. The minimum absolute atomic E-state index is 0.467. The van der Waals surface area contributed by atoms with Crippen LogP contribution in [0.2, 0.25) is 4.34 Å². The highest BCUT2D eigenvalue weighted by Crippen LogP contribution is 2.35. The van der Waals surface area contributed by atoms with Gasteiger partial charge in [-0.2, -0.15) is 5.26 Å². The maximum absolute atomic E-state index is 8.99. The van der Waals surface area contributed by atoms with Crippen molar-refractivity contribution in [2.24, 2.45) is 5.73 Å². The molecule has 1 aromatic rings. The number of hydrogen-bond donors (Lipinski definition) is 1. The first kappa shape index (κ1) is 12.7. The van der Waals surface area contributed by atoms with Gasteiger partial charge in [-0.25, -0.2) is 0 Å². The van der Waals surface area contributed by atoms with E-state index in [2.05, 4.69) is 18.0 Å². The summed E-state index contributed by atoms with van der Waals surface area (Å²) in [7, 11) is 2.09. The first-order valence-corrected chi connectivity index (χ1v) is 6.92. The number of nitrogens with two attached hydrogens (primary N) is 1. The molecule has 1 aromatic heterocycles. The van der Waals surface area contributed by atoms with Gasteiger partial charge < -0.3 is 10.6 Å². The third-order valence-corrected chi connectivity index (χ3v) is 4.85. The van der Waals surface area contributed by atoms with Crippen LogP contribution in [-0.4, -0.2) is 18.6 Å². The van der Waals surface area contributed by atoms with E-state index in [1.165, 1.54) is 5.00 Å². The lowest BCUT2D eigenvalue weighted by atomic mass is 9.81. The standard InChI is InChI=1S/C12H16ClN3S/c1-16(11-3-2-10(13)17-11)9-4-6-12(15,8-14)7-5-9/h2-3,9H,4-7,15H2,1H3. The number of hydrogen-bond acceptors (Lipinski definition) is 4. The number of nitriles is 1. The molecule has 0 aliphatic heterocycles. The van der Waals surface area contributed by atoms with Crippen molar-refractivity contribution in [3.8, 4) is 6.07 Å². The summed E-state index contributed by atoms with van der Waals surface area (Å²) in [6, 6.07) is 6.66. The van der Waals surface area contributed by atoms with E-state index in [9.17, 15) is 0 Å². The average Bonchev–Trinajstić information content (AvgIpc) is 2.76. The minimum atomic E-state index is -0.607. The Morgan fingerprint density at radius 1 is 1.53 bits per heavy atom. The summed E-state index contributed by atoms with van der Waals surface area (Å²) in [6.45, 7) is 0. The van der Waals surface area contributed by atoms with Gasteiger partial charge in [0.25, 0.3) is 0 Å². The highest BCUT2D eigenvalue weighted by Gasteiger charge is 2.33. The van der Waals surface area contributed by atoms with Crippen LogP contribution in [0.15, 0.2) is 12.1 Å². The van der Waals surface area contributed by atoms with Crippen molar-refractivity contribution in [1.29, 1.82) is 5.26 Å². The number of rotatable bonds is 2. The zero-order chi connectivity index (χ0) is 12.5. The van der Waals surface area contributed by atoms with Gasteiger partial charge >= 0.3 is 0 Å². The predicted molar refractivity (Wildman–Crippen MR) is 72.5 cm³/mol. The highest BCUT2D eigenvalue weighted by atomic mass is 35.5. The van der Waals surface area contributed by atoms with Crippen molar-refractivity contribution in [2.45, 2.75) is 37.3 Å². The largest absolute Gasteiger partial charge is 0.363 e. The van der Waals surface area contributed by atoms with Crippen LogP contribution in [0.3, 0.4) is 0 Å². The van der Waals surface area contributed by atoms with Crippen LogP contribution in [0.4, 0.5) is 5.00 Å². The van der Waals surface area contributed by atoms with Gasteiger partial charge in [0.15, 0.2) is 0 Å². The van der Waals surface area contributed by atoms with E-state index in [-0.39, 0.29) is 0 Å². The highest BCUT2D eigenvalue weighted by molar-refractivity contribution is 7.19. The molecule has 1 aliphatic carbocycles. The maximum atomic E-state index is 8.99. The molecule has 1 aliphatic rings. The van der Waals surface area contributed by atoms with Crippen LogP contribution in [0.5, 0.6) is 0 Å². The molecular weight excluding hydrogens is 254 g/mol. The van der Waals surface area contributed by atoms with Crippen molar-refractivity contribution < 1.29 is 0 Å². The van der Waals surface area contributed by atoms with Crippen molar-refractivity contribution in [2.75, 3.05) is 11.9 Å². The molecule has 5 heteroatoms. The molecule has 1 saturated carbocycles. The van der Waals surface area contributed by atoms with Crippen LogP contribution in [0.25, 0.3) is 0 Å². The van der Waals surface area contributed by atoms with Crippen molar-refractivity contribution in [1.82, 2.24) is 0 Å². The number of nitrogens with zero attached hydrogens (tertiary/aromatic N) is 2. The fourth-order valence-corrected chi connectivity index (χ4v) is 3.36. The van der Waals surface area contributed by atoms with Crippen LogP contribution < -0.4 is 10.6 Å². The second kappa shape index (κ2) is 4.85. The van der Waals surface area contributed by atoms with E-state index < -0.39 is 5.54 Å². The van der Waals surface area contributed by atoms with Gasteiger partial charge in [0.1, 0.15) is 5.54 Å². The molecule has 3 nitrogen and oxygen atoms in total. The van der Waals surface area contributed by atoms with Crippen LogP contribution in [0.1, 0.15) is 25.7 Å². The summed E-state index contributed by atoms with van der Waals surface area (Å²) >= 11 is 7.53. The minimum Gasteiger partial charge on any atom is -0.363 e. The Morgan fingerprint density at radius 2 is 2.18 bits per heavy atom. The zero-order valence-electron chi connectivity index (χ0n) is 9.82. The first-order chi connectivity index (χ1) is 8.04. The molecule has 1 fully saturated rings. The smallest absolute Gasteiger partial charge is 0.104 e. The Morgan fingerprint density at radius 3 is 2.65 bits per heavy atom. The molecule has 2 rings (SSSR count). The Kier molecular flexibility index (Phi) is 3.62. The summed E-state index contributed by atoms with van der Waals surface area (Å²) in [4.78, 5) is 2.26. The molecule has 2 N–H and O–H groups in total. The van der Waals surface area contributed by atoms with Crippen LogP contribution >= 0.6 is 22.9 Å². The molecule has 0 radical (unpaired) electrons. The average molecular weight is 270 g/mol. The molecule has 0 spiro atoms. The molecule has 92 valence electrons.